The van der Waals surface area contributed by atoms with Crippen LogP contribution in [0.2, 0.25) is 0 Å². The molecular formula is C12H19N3S3. The Bertz CT molecular complexity index is 344. The lowest BCUT2D eigenvalue weighted by Crippen LogP contribution is -2.52. The minimum absolute atomic E-state index is 0.625. The Morgan fingerprint density at radius 3 is 2.44 bits per heavy atom. The molecular weight excluding hydrogens is 282 g/mol. The van der Waals surface area contributed by atoms with E-state index in [1.165, 1.54) is 37.2 Å². The third-order valence-electron chi connectivity index (χ3n) is 4.77. The zero-order valence-electron chi connectivity index (χ0n) is 10.3. The lowest BCUT2D eigenvalue weighted by Gasteiger charge is -2.28. The Kier molecular flexibility index (Phi) is 3.18. The normalized spacial score (nSPS) is 45.7. The van der Waals surface area contributed by atoms with E-state index >= 15 is 0 Å². The highest BCUT2D eigenvalue weighted by molar-refractivity contribution is 8.07. The number of thiocarbonyl (C=S) groups is 1. The van der Waals surface area contributed by atoms with Gasteiger partial charge in [-0.15, -0.1) is 23.5 Å². The second kappa shape index (κ2) is 4.72. The van der Waals surface area contributed by atoms with Gasteiger partial charge in [-0.1, -0.05) is 6.42 Å². The van der Waals surface area contributed by atoms with Crippen LogP contribution in [0.4, 0.5) is 0 Å². The van der Waals surface area contributed by atoms with Crippen molar-refractivity contribution in [3.63, 3.8) is 0 Å². The lowest BCUT2D eigenvalue weighted by atomic mass is 9.96. The Morgan fingerprint density at radius 2 is 1.89 bits per heavy atom. The van der Waals surface area contributed by atoms with Crippen molar-refractivity contribution in [1.82, 2.24) is 15.8 Å². The first kappa shape index (κ1) is 12.1. The molecule has 0 radical (unpaired) electrons. The van der Waals surface area contributed by atoms with Gasteiger partial charge in [-0.05, 0) is 43.3 Å². The van der Waals surface area contributed by atoms with Gasteiger partial charge in [0.05, 0.1) is 10.7 Å². The van der Waals surface area contributed by atoms with Crippen molar-refractivity contribution in [2.24, 2.45) is 11.8 Å². The first-order valence-corrected chi connectivity index (χ1v) is 9.39. The molecule has 2 aliphatic carbocycles. The number of fused-ring (bicyclic) bond motifs is 4. The summed E-state index contributed by atoms with van der Waals surface area (Å²) in [4.78, 5) is 0. The number of rotatable bonds is 2. The molecule has 4 fully saturated rings. The van der Waals surface area contributed by atoms with Gasteiger partial charge >= 0.3 is 0 Å². The van der Waals surface area contributed by atoms with Gasteiger partial charge in [-0.2, -0.15) is 5.01 Å². The minimum Gasteiger partial charge on any atom is -0.359 e. The van der Waals surface area contributed by atoms with Gasteiger partial charge in [-0.3, -0.25) is 5.43 Å². The molecule has 4 rings (SSSR count). The van der Waals surface area contributed by atoms with Gasteiger partial charge in [-0.25, -0.2) is 0 Å². The van der Waals surface area contributed by atoms with Crippen LogP contribution in [0.5, 0.6) is 0 Å². The van der Waals surface area contributed by atoms with Gasteiger partial charge in [0.2, 0.25) is 0 Å². The predicted octanol–water partition coefficient (Wildman–Crippen LogP) is 2.00. The summed E-state index contributed by atoms with van der Waals surface area (Å²) in [6.07, 6.45) is 5.63. The van der Waals surface area contributed by atoms with Crippen LogP contribution in [0.1, 0.15) is 25.7 Å². The van der Waals surface area contributed by atoms with Crippen LogP contribution >= 0.6 is 35.7 Å². The van der Waals surface area contributed by atoms with Gasteiger partial charge in [0.1, 0.15) is 0 Å². The van der Waals surface area contributed by atoms with E-state index in [9.17, 15) is 0 Å². The van der Waals surface area contributed by atoms with E-state index in [0.717, 1.165) is 16.9 Å². The fourth-order valence-corrected chi connectivity index (χ4v) is 7.26. The summed E-state index contributed by atoms with van der Waals surface area (Å²) < 4.78 is 0. The van der Waals surface area contributed by atoms with Gasteiger partial charge in [0, 0.05) is 17.5 Å². The zero-order chi connectivity index (χ0) is 12.1. The highest BCUT2D eigenvalue weighted by Gasteiger charge is 2.43. The SMILES string of the molecule is S=C(N[C@H]1C[C@H]2CC[C@@H]1C2)NN1[C@@H]2CS[C@@H]1CS2. The van der Waals surface area contributed by atoms with Crippen molar-refractivity contribution in [3.8, 4) is 0 Å². The number of nitrogens with zero attached hydrogens (tertiary/aromatic N) is 1. The van der Waals surface area contributed by atoms with Crippen LogP contribution in [0.25, 0.3) is 0 Å². The first-order chi connectivity index (χ1) is 8.79. The molecule has 0 aromatic rings. The molecule has 100 valence electrons. The van der Waals surface area contributed by atoms with Crippen molar-refractivity contribution in [1.29, 1.82) is 0 Å². The Morgan fingerprint density at radius 1 is 1.11 bits per heavy atom. The standard InChI is InChI=1S/C12H19N3S3/c16-12(13-9-4-7-1-2-8(9)3-7)14-15-10-5-17-11(15)6-18-10/h7-11H,1-6H2,(H2,13,14,16)/t7-,8+,9-,10-,11+/m0/s1. The molecule has 2 aliphatic heterocycles. The molecule has 3 nitrogen and oxygen atoms in total. The van der Waals surface area contributed by atoms with E-state index in [0.29, 0.717) is 16.8 Å². The van der Waals surface area contributed by atoms with Crippen LogP contribution < -0.4 is 10.7 Å². The second-order valence-electron chi connectivity index (χ2n) is 5.85. The van der Waals surface area contributed by atoms with Crippen LogP contribution in [-0.4, -0.2) is 38.4 Å². The molecule has 5 atom stereocenters. The molecule has 2 saturated heterocycles. The van der Waals surface area contributed by atoms with Gasteiger partial charge in [0.25, 0.3) is 0 Å². The molecule has 6 heteroatoms. The molecule has 0 spiro atoms. The van der Waals surface area contributed by atoms with E-state index in [-0.39, 0.29) is 0 Å². The molecule has 2 heterocycles. The monoisotopic (exact) mass is 301 g/mol. The Labute approximate surface area is 122 Å². The maximum Gasteiger partial charge on any atom is 0.181 e. The van der Waals surface area contributed by atoms with Gasteiger partial charge in [0.15, 0.2) is 5.11 Å². The zero-order valence-corrected chi connectivity index (χ0v) is 12.8. The molecule has 2 saturated carbocycles. The maximum absolute atomic E-state index is 5.49. The summed E-state index contributed by atoms with van der Waals surface area (Å²) in [5, 5.41) is 8.03. The summed E-state index contributed by atoms with van der Waals surface area (Å²) in [6, 6.07) is 0.643. The minimum atomic E-state index is 0.625. The van der Waals surface area contributed by atoms with Crippen molar-refractivity contribution >= 4 is 40.9 Å². The number of hydrazine groups is 1. The van der Waals surface area contributed by atoms with Gasteiger partial charge < -0.3 is 5.32 Å². The topological polar surface area (TPSA) is 27.3 Å². The molecule has 0 aromatic carbocycles. The average molecular weight is 302 g/mol. The Hall–Kier alpha value is 0.350. The van der Waals surface area contributed by atoms with Crippen LogP contribution in [0.15, 0.2) is 0 Å². The van der Waals surface area contributed by atoms with Crippen molar-refractivity contribution < 1.29 is 0 Å². The summed E-state index contributed by atoms with van der Waals surface area (Å²) in [7, 11) is 0. The first-order valence-electron chi connectivity index (χ1n) is 6.88. The average Bonchev–Trinajstić information content (AvgIpc) is 3.11. The molecule has 4 bridgehead atoms. The molecule has 4 aliphatic rings. The number of hydrogen-bond acceptors (Lipinski definition) is 4. The summed E-state index contributed by atoms with van der Waals surface area (Å²) in [5.41, 5.74) is 3.44. The summed E-state index contributed by atoms with van der Waals surface area (Å²) >= 11 is 9.60. The summed E-state index contributed by atoms with van der Waals surface area (Å²) in [6.45, 7) is 0. The van der Waals surface area contributed by atoms with Crippen molar-refractivity contribution in [2.75, 3.05) is 11.5 Å². The largest absolute Gasteiger partial charge is 0.359 e. The third kappa shape index (κ3) is 2.05. The molecule has 2 N–H and O–H groups in total. The van der Waals surface area contributed by atoms with E-state index in [1.54, 1.807) is 0 Å². The molecule has 0 unspecified atom stereocenters. The number of nitrogens with one attached hydrogen (secondary N) is 2. The highest BCUT2D eigenvalue weighted by atomic mass is 32.2. The molecule has 0 amide bonds. The van der Waals surface area contributed by atoms with E-state index in [4.69, 9.17) is 12.2 Å². The second-order valence-corrected chi connectivity index (χ2v) is 8.68. The van der Waals surface area contributed by atoms with Crippen molar-refractivity contribution in [3.05, 3.63) is 0 Å². The van der Waals surface area contributed by atoms with E-state index in [1.807, 2.05) is 0 Å². The van der Waals surface area contributed by atoms with Crippen molar-refractivity contribution in [2.45, 2.75) is 42.5 Å². The number of thioether (sulfide) groups is 2. The van der Waals surface area contributed by atoms with E-state index < -0.39 is 0 Å². The smallest absolute Gasteiger partial charge is 0.181 e. The highest BCUT2D eigenvalue weighted by Crippen LogP contribution is 2.45. The quantitative estimate of drug-likeness (QED) is 0.758. The fraction of sp³-hybridized carbons (Fsp3) is 0.917. The number of hydrogen-bond donors (Lipinski definition) is 2. The predicted molar refractivity (Wildman–Crippen MR) is 82.4 cm³/mol. The fourth-order valence-electron chi connectivity index (χ4n) is 3.87. The van der Waals surface area contributed by atoms with E-state index in [2.05, 4.69) is 39.3 Å². The van der Waals surface area contributed by atoms with Crippen LogP contribution in [0.3, 0.4) is 0 Å². The van der Waals surface area contributed by atoms with Crippen LogP contribution in [0, 0.1) is 11.8 Å². The van der Waals surface area contributed by atoms with Crippen LogP contribution in [-0.2, 0) is 0 Å². The molecule has 18 heavy (non-hydrogen) atoms. The summed E-state index contributed by atoms with van der Waals surface area (Å²) in [5.74, 6) is 4.33. The molecule has 0 aromatic heterocycles. The lowest BCUT2D eigenvalue weighted by molar-refractivity contribution is 0.250. The third-order valence-corrected chi connectivity index (χ3v) is 7.97. The Balaban J connectivity index is 1.32. The maximum atomic E-state index is 5.49.